The van der Waals surface area contributed by atoms with Crippen molar-refractivity contribution in [3.05, 3.63) is 78.7 Å². The summed E-state index contributed by atoms with van der Waals surface area (Å²) in [5.41, 5.74) is 0.322. The van der Waals surface area contributed by atoms with Crippen molar-refractivity contribution in [2.24, 2.45) is 5.41 Å². The van der Waals surface area contributed by atoms with Crippen molar-refractivity contribution >= 4 is 40.2 Å². The van der Waals surface area contributed by atoms with Gasteiger partial charge in [0.05, 0.1) is 12.6 Å². The number of piperazine rings is 1. The number of methoxy groups -OCH3 is 1. The minimum Gasteiger partial charge on any atom is -0.493 e. The summed E-state index contributed by atoms with van der Waals surface area (Å²) >= 11 is 0. The topological polar surface area (TPSA) is 122 Å². The number of nitrogens with one attached hydrogen (secondary N) is 2. The predicted molar refractivity (Wildman–Crippen MR) is 170 cm³/mol. The molecule has 2 N–H and O–H groups in total. The molecule has 238 valence electrons. The maximum absolute atomic E-state index is 13.2. The number of anilines is 2. The highest BCUT2D eigenvalue weighted by atomic mass is 19.1. The van der Waals surface area contributed by atoms with E-state index in [1.54, 1.807) is 53.6 Å². The summed E-state index contributed by atoms with van der Waals surface area (Å²) < 4.78 is 30.7. The van der Waals surface area contributed by atoms with Gasteiger partial charge in [0.1, 0.15) is 22.7 Å². The smallest absolute Gasteiger partial charge is 0.415 e. The summed E-state index contributed by atoms with van der Waals surface area (Å²) in [6, 6.07) is 17.2. The van der Waals surface area contributed by atoms with Crippen molar-refractivity contribution in [2.75, 3.05) is 44.4 Å². The van der Waals surface area contributed by atoms with Crippen LogP contribution in [0, 0.1) is 11.2 Å². The van der Waals surface area contributed by atoms with Gasteiger partial charge in [-0.25, -0.2) is 9.18 Å². The Morgan fingerprint density at radius 3 is 2.15 bits per heavy atom. The van der Waals surface area contributed by atoms with E-state index in [1.165, 1.54) is 31.4 Å². The molecule has 2 fully saturated rings. The zero-order valence-electron chi connectivity index (χ0n) is 25.7. The van der Waals surface area contributed by atoms with E-state index in [2.05, 4.69) is 20.5 Å². The highest BCUT2D eigenvalue weighted by Gasteiger charge is 2.56. The number of hydrogen-bond acceptors (Lipinski definition) is 8. The molecule has 2 heterocycles. The van der Waals surface area contributed by atoms with Gasteiger partial charge in [0.15, 0.2) is 11.5 Å². The average Bonchev–Trinajstić information content (AvgIpc) is 3.86. The third-order valence-electron chi connectivity index (χ3n) is 8.31. The first-order valence-corrected chi connectivity index (χ1v) is 15.0. The molecule has 12 heteroatoms. The van der Waals surface area contributed by atoms with Crippen LogP contribution in [-0.4, -0.2) is 72.5 Å². The Labute approximate surface area is 265 Å². The molecule has 1 aliphatic heterocycles. The highest BCUT2D eigenvalue weighted by molar-refractivity contribution is 6.16. The summed E-state index contributed by atoms with van der Waals surface area (Å²) in [5.74, 6) is 0.323. The number of amides is 3. The Morgan fingerprint density at radius 2 is 1.54 bits per heavy atom. The van der Waals surface area contributed by atoms with Gasteiger partial charge in [-0.05, 0) is 87.5 Å². The van der Waals surface area contributed by atoms with Crippen LogP contribution in [0.25, 0.3) is 10.9 Å². The maximum Gasteiger partial charge on any atom is 0.415 e. The first-order chi connectivity index (χ1) is 22.1. The number of ether oxygens (including phenoxy) is 3. The number of rotatable bonds is 8. The SMILES string of the molecule is COc1cc2nccc(Oc3ccc(NC(=O)C4(C(=O)Nc5ccc(F)cc5)CC4)cc3)c2cc1OC(=O)N1CCN(C)C[C@H]1C. The molecule has 46 heavy (non-hydrogen) atoms. The standard InChI is InChI=1S/C34H34FN5O6/c1-21-20-39(2)16-17-40(21)33(43)46-30-18-26-27(19-29(30)44-3)36-15-12-28(26)45-25-10-8-24(9-11-25)38-32(42)34(13-14-34)31(41)37-23-6-4-22(35)5-7-23/h4-12,15,18-19,21H,13-14,16-17,20H2,1-3H3,(H,37,41)(H,38,42)/t21-/m1/s1. The molecule has 1 aliphatic carbocycles. The van der Waals surface area contributed by atoms with E-state index in [0.717, 1.165) is 13.1 Å². The number of fused-ring (bicyclic) bond motifs is 1. The van der Waals surface area contributed by atoms with Gasteiger partial charge in [0.2, 0.25) is 11.8 Å². The zero-order chi connectivity index (χ0) is 32.4. The predicted octanol–water partition coefficient (Wildman–Crippen LogP) is 5.67. The molecular weight excluding hydrogens is 593 g/mol. The van der Waals surface area contributed by atoms with E-state index in [-0.39, 0.29) is 11.8 Å². The molecule has 6 rings (SSSR count). The van der Waals surface area contributed by atoms with E-state index in [1.807, 2.05) is 14.0 Å². The number of benzene rings is 3. The van der Waals surface area contributed by atoms with Crippen LogP contribution in [0.5, 0.6) is 23.0 Å². The number of aromatic nitrogens is 1. The van der Waals surface area contributed by atoms with Crippen LogP contribution in [-0.2, 0) is 9.59 Å². The molecule has 1 saturated heterocycles. The van der Waals surface area contributed by atoms with Crippen LogP contribution in [0.1, 0.15) is 19.8 Å². The van der Waals surface area contributed by atoms with Gasteiger partial charge in [-0.1, -0.05) is 0 Å². The second kappa shape index (κ2) is 12.6. The summed E-state index contributed by atoms with van der Waals surface area (Å²) in [6.45, 7) is 4.05. The molecule has 11 nitrogen and oxygen atoms in total. The number of pyridine rings is 1. The zero-order valence-corrected chi connectivity index (χ0v) is 25.7. The van der Waals surface area contributed by atoms with Crippen molar-refractivity contribution in [1.29, 1.82) is 0 Å². The Kier molecular flexibility index (Phi) is 8.46. The third kappa shape index (κ3) is 6.43. The van der Waals surface area contributed by atoms with Gasteiger partial charge in [-0.3, -0.25) is 14.6 Å². The average molecular weight is 628 g/mol. The van der Waals surface area contributed by atoms with Gasteiger partial charge >= 0.3 is 6.09 Å². The minimum atomic E-state index is -1.18. The lowest BCUT2D eigenvalue weighted by Gasteiger charge is -2.37. The molecule has 3 aromatic carbocycles. The van der Waals surface area contributed by atoms with Crippen molar-refractivity contribution < 1.29 is 33.0 Å². The van der Waals surface area contributed by atoms with Gasteiger partial charge in [-0.2, -0.15) is 0 Å². The summed E-state index contributed by atoms with van der Waals surface area (Å²) in [6.07, 6.45) is 1.98. The molecule has 0 unspecified atom stereocenters. The fraction of sp³-hybridized carbons (Fsp3) is 0.294. The molecule has 1 aromatic heterocycles. The molecular formula is C34H34FN5O6. The fourth-order valence-electron chi connectivity index (χ4n) is 5.47. The van der Waals surface area contributed by atoms with Crippen molar-refractivity contribution in [2.45, 2.75) is 25.8 Å². The van der Waals surface area contributed by atoms with Crippen molar-refractivity contribution in [3.63, 3.8) is 0 Å². The molecule has 0 radical (unpaired) electrons. The Hall–Kier alpha value is -5.23. The second-order valence-corrected chi connectivity index (χ2v) is 11.6. The Balaban J connectivity index is 1.14. The summed E-state index contributed by atoms with van der Waals surface area (Å²) in [7, 11) is 3.52. The molecule has 4 aromatic rings. The van der Waals surface area contributed by atoms with Crippen LogP contribution in [0.2, 0.25) is 0 Å². The van der Waals surface area contributed by atoms with Crippen molar-refractivity contribution in [1.82, 2.24) is 14.8 Å². The third-order valence-corrected chi connectivity index (χ3v) is 8.31. The molecule has 1 saturated carbocycles. The number of carbonyl (C=O) groups excluding carboxylic acids is 3. The normalized spacial score (nSPS) is 17.2. The first kappa shape index (κ1) is 30.8. The van der Waals surface area contributed by atoms with Crippen molar-refractivity contribution in [3.8, 4) is 23.0 Å². The number of carbonyl (C=O) groups is 3. The Bertz CT molecular complexity index is 1780. The van der Waals surface area contributed by atoms with Crippen LogP contribution < -0.4 is 24.8 Å². The van der Waals surface area contributed by atoms with Gasteiger partial charge in [-0.15, -0.1) is 0 Å². The van der Waals surface area contributed by atoms with Crippen LogP contribution >= 0.6 is 0 Å². The maximum atomic E-state index is 13.2. The van der Waals surface area contributed by atoms with Crippen LogP contribution in [0.15, 0.2) is 72.9 Å². The lowest BCUT2D eigenvalue weighted by Crippen LogP contribution is -2.53. The van der Waals surface area contributed by atoms with E-state index < -0.39 is 29.1 Å². The highest BCUT2D eigenvalue weighted by Crippen LogP contribution is 2.47. The molecule has 3 amide bonds. The van der Waals surface area contributed by atoms with E-state index in [9.17, 15) is 18.8 Å². The van der Waals surface area contributed by atoms with Gasteiger partial charge in [0.25, 0.3) is 0 Å². The van der Waals surface area contributed by atoms with Gasteiger partial charge < -0.3 is 34.6 Å². The number of nitrogens with zero attached hydrogens (tertiary/aromatic N) is 3. The van der Waals surface area contributed by atoms with Crippen LogP contribution in [0.4, 0.5) is 20.6 Å². The van der Waals surface area contributed by atoms with Crippen LogP contribution in [0.3, 0.4) is 0 Å². The quantitative estimate of drug-likeness (QED) is 0.240. The fourth-order valence-corrected chi connectivity index (χ4v) is 5.47. The van der Waals surface area contributed by atoms with E-state index in [4.69, 9.17) is 14.2 Å². The minimum absolute atomic E-state index is 0.000552. The first-order valence-electron chi connectivity index (χ1n) is 15.0. The Morgan fingerprint density at radius 1 is 0.891 bits per heavy atom. The number of hydrogen-bond donors (Lipinski definition) is 2. The number of likely N-dealkylation sites (N-methyl/N-ethyl adjacent to an activating group) is 1. The number of halogens is 1. The van der Waals surface area contributed by atoms with Gasteiger partial charge in [0, 0.05) is 54.7 Å². The summed E-state index contributed by atoms with van der Waals surface area (Å²) in [4.78, 5) is 47.3. The summed E-state index contributed by atoms with van der Waals surface area (Å²) in [5, 5.41) is 6.13. The largest absolute Gasteiger partial charge is 0.493 e. The second-order valence-electron chi connectivity index (χ2n) is 11.6. The lowest BCUT2D eigenvalue weighted by atomic mass is 10.0. The monoisotopic (exact) mass is 627 g/mol. The molecule has 1 atom stereocenters. The molecule has 0 spiro atoms. The lowest BCUT2D eigenvalue weighted by molar-refractivity contribution is -0.131. The molecule has 2 aliphatic rings. The van der Waals surface area contributed by atoms with E-state index >= 15 is 0 Å². The molecule has 0 bridgehead atoms. The van der Waals surface area contributed by atoms with E-state index in [0.29, 0.717) is 58.9 Å².